The van der Waals surface area contributed by atoms with E-state index < -0.39 is 0 Å². The second kappa shape index (κ2) is 12.1. The van der Waals surface area contributed by atoms with E-state index >= 15 is 0 Å². The van der Waals surface area contributed by atoms with E-state index in [9.17, 15) is 0 Å². The second-order valence-electron chi connectivity index (χ2n) is 13.7. The van der Waals surface area contributed by atoms with Gasteiger partial charge in [0.2, 0.25) is 0 Å². The maximum Gasteiger partial charge on any atom is 0.137 e. The number of benzene rings is 6. The smallest absolute Gasteiger partial charge is 0.137 e. The van der Waals surface area contributed by atoms with Crippen LogP contribution >= 0.6 is 0 Å². The Morgan fingerprint density at radius 1 is 0.352 bits per heavy atom. The van der Waals surface area contributed by atoms with Gasteiger partial charge in [0.25, 0.3) is 0 Å². The quantitative estimate of drug-likeness (QED) is 0.181. The van der Waals surface area contributed by atoms with Crippen LogP contribution in [-0.4, -0.2) is 24.1 Å². The molecular formula is C49H31N5. The fourth-order valence-corrected chi connectivity index (χ4v) is 8.20. The van der Waals surface area contributed by atoms with Crippen molar-refractivity contribution in [2.45, 2.75) is 0 Å². The molecule has 5 heterocycles. The van der Waals surface area contributed by atoms with Crippen molar-refractivity contribution in [3.8, 4) is 45.1 Å². The monoisotopic (exact) mass is 689 g/mol. The summed E-state index contributed by atoms with van der Waals surface area (Å²) in [7, 11) is 0. The number of aromatic nitrogens is 5. The van der Waals surface area contributed by atoms with Gasteiger partial charge in [-0.3, -0.25) is 14.5 Å². The summed E-state index contributed by atoms with van der Waals surface area (Å²) < 4.78 is 4.69. The van der Waals surface area contributed by atoms with E-state index in [1.54, 1.807) is 0 Å². The van der Waals surface area contributed by atoms with Gasteiger partial charge >= 0.3 is 0 Å². The molecule has 0 unspecified atom stereocenters. The van der Waals surface area contributed by atoms with Crippen molar-refractivity contribution >= 4 is 54.4 Å². The molecule has 54 heavy (non-hydrogen) atoms. The van der Waals surface area contributed by atoms with Crippen LogP contribution in [0.25, 0.3) is 99.5 Å². The molecule has 0 atom stereocenters. The van der Waals surface area contributed by atoms with Gasteiger partial charge in [-0.05, 0) is 113 Å². The number of rotatable bonds is 5. The topological polar surface area (TPSA) is 48.5 Å². The van der Waals surface area contributed by atoms with Crippen LogP contribution < -0.4 is 0 Å². The standard InChI is InChI=1S/C49H31N5/c1-2-12-37(13-3-1)53-44-18-6-4-14-38(44)41-29-32-20-22-46-49(40(32)30-47(41)53)39-15-5-7-19-45(39)54(46)48-23-21-33(31-52-48)34-26-35(42-16-8-10-24-50-42)28-36(27-34)43-17-9-11-25-51-43/h1-31H. The van der Waals surface area contributed by atoms with Crippen LogP contribution in [0, 0.1) is 0 Å². The number of pyridine rings is 3. The Morgan fingerprint density at radius 3 is 1.69 bits per heavy atom. The summed E-state index contributed by atoms with van der Waals surface area (Å²) in [6.07, 6.45) is 5.65. The summed E-state index contributed by atoms with van der Waals surface area (Å²) in [6.45, 7) is 0. The molecule has 5 heteroatoms. The number of para-hydroxylation sites is 3. The van der Waals surface area contributed by atoms with Crippen molar-refractivity contribution in [2.75, 3.05) is 0 Å². The van der Waals surface area contributed by atoms with Crippen LogP contribution in [-0.2, 0) is 0 Å². The Kier molecular flexibility index (Phi) is 6.79. The first-order valence-electron chi connectivity index (χ1n) is 18.2. The molecular weight excluding hydrogens is 659 g/mol. The molecule has 0 spiro atoms. The van der Waals surface area contributed by atoms with Crippen molar-refractivity contribution in [1.82, 2.24) is 24.1 Å². The third-order valence-electron chi connectivity index (χ3n) is 10.6. The molecule has 0 aliphatic carbocycles. The Labute approximate surface area is 311 Å². The molecule has 6 aromatic carbocycles. The molecule has 5 aromatic heterocycles. The SMILES string of the molecule is c1ccc(-n2c3ccccc3c3cc4ccc5c(c4cc32)c2ccccc2n5-c2ccc(-c3cc(-c4ccccn4)cc(-c4ccccn4)c3)cn2)cc1. The molecule has 0 saturated carbocycles. The van der Waals surface area contributed by atoms with Gasteiger partial charge in [-0.2, -0.15) is 0 Å². The van der Waals surface area contributed by atoms with Crippen molar-refractivity contribution in [1.29, 1.82) is 0 Å². The van der Waals surface area contributed by atoms with Gasteiger partial charge in [-0.15, -0.1) is 0 Å². The van der Waals surface area contributed by atoms with E-state index in [1.165, 1.54) is 43.4 Å². The fourth-order valence-electron chi connectivity index (χ4n) is 8.20. The highest BCUT2D eigenvalue weighted by atomic mass is 15.1. The molecule has 0 aliphatic rings. The van der Waals surface area contributed by atoms with Gasteiger partial charge in [0.15, 0.2) is 0 Å². The van der Waals surface area contributed by atoms with Crippen molar-refractivity contribution < 1.29 is 0 Å². The van der Waals surface area contributed by atoms with Crippen molar-refractivity contribution in [3.05, 3.63) is 188 Å². The van der Waals surface area contributed by atoms with Crippen molar-refractivity contribution in [3.63, 3.8) is 0 Å². The van der Waals surface area contributed by atoms with E-state index in [4.69, 9.17) is 4.98 Å². The molecule has 0 bridgehead atoms. The summed E-state index contributed by atoms with van der Waals surface area (Å²) in [5.74, 6) is 0.870. The van der Waals surface area contributed by atoms with E-state index in [0.717, 1.165) is 56.2 Å². The van der Waals surface area contributed by atoms with Gasteiger partial charge in [0, 0.05) is 62.5 Å². The zero-order chi connectivity index (χ0) is 35.6. The Morgan fingerprint density at radius 2 is 1.00 bits per heavy atom. The zero-order valence-corrected chi connectivity index (χ0v) is 29.1. The molecule has 11 rings (SSSR count). The Bertz CT molecular complexity index is 3120. The number of hydrogen-bond acceptors (Lipinski definition) is 3. The number of hydrogen-bond donors (Lipinski definition) is 0. The Hall–Kier alpha value is -7.37. The predicted octanol–water partition coefficient (Wildman–Crippen LogP) is 12.2. The molecule has 5 nitrogen and oxygen atoms in total. The van der Waals surface area contributed by atoms with Crippen LogP contribution in [0.15, 0.2) is 188 Å². The fraction of sp³-hybridized carbons (Fsp3) is 0. The lowest BCUT2D eigenvalue weighted by atomic mass is 9.97. The molecule has 0 aliphatic heterocycles. The molecule has 0 N–H and O–H groups in total. The first-order valence-corrected chi connectivity index (χ1v) is 18.2. The first-order chi connectivity index (χ1) is 26.8. The molecule has 0 saturated heterocycles. The summed E-state index contributed by atoms with van der Waals surface area (Å²) in [6, 6.07) is 60.2. The summed E-state index contributed by atoms with van der Waals surface area (Å²) in [4.78, 5) is 14.4. The summed E-state index contributed by atoms with van der Waals surface area (Å²) >= 11 is 0. The lowest BCUT2D eigenvalue weighted by molar-refractivity contribution is 1.08. The highest BCUT2D eigenvalue weighted by Crippen LogP contribution is 2.41. The maximum absolute atomic E-state index is 5.14. The first kappa shape index (κ1) is 30.3. The number of fused-ring (bicyclic) bond motifs is 8. The summed E-state index contributed by atoms with van der Waals surface area (Å²) in [5.41, 5.74) is 11.8. The van der Waals surface area contributed by atoms with Crippen LogP contribution in [0.5, 0.6) is 0 Å². The van der Waals surface area contributed by atoms with Gasteiger partial charge in [-0.1, -0.05) is 72.8 Å². The van der Waals surface area contributed by atoms with E-state index in [1.807, 2.05) is 55.0 Å². The molecule has 0 fully saturated rings. The molecule has 11 aromatic rings. The third-order valence-corrected chi connectivity index (χ3v) is 10.6. The second-order valence-corrected chi connectivity index (χ2v) is 13.7. The van der Waals surface area contributed by atoms with Crippen LogP contribution in [0.3, 0.4) is 0 Å². The van der Waals surface area contributed by atoms with E-state index in [-0.39, 0.29) is 0 Å². The highest BCUT2D eigenvalue weighted by Gasteiger charge is 2.19. The van der Waals surface area contributed by atoms with Gasteiger partial charge in [-0.25, -0.2) is 4.98 Å². The van der Waals surface area contributed by atoms with E-state index in [0.29, 0.717) is 0 Å². The number of nitrogens with zero attached hydrogens (tertiary/aromatic N) is 5. The lowest BCUT2D eigenvalue weighted by Crippen LogP contribution is -1.97. The van der Waals surface area contributed by atoms with Gasteiger partial charge in [0.05, 0.1) is 33.5 Å². The van der Waals surface area contributed by atoms with Crippen LogP contribution in [0.2, 0.25) is 0 Å². The minimum Gasteiger partial charge on any atom is -0.309 e. The van der Waals surface area contributed by atoms with Gasteiger partial charge < -0.3 is 4.57 Å². The van der Waals surface area contributed by atoms with E-state index in [2.05, 4.69) is 153 Å². The maximum atomic E-state index is 5.14. The summed E-state index contributed by atoms with van der Waals surface area (Å²) in [5, 5.41) is 7.37. The molecule has 0 radical (unpaired) electrons. The minimum atomic E-state index is 0.870. The molecule has 0 amide bonds. The van der Waals surface area contributed by atoms with Crippen molar-refractivity contribution in [2.24, 2.45) is 0 Å². The zero-order valence-electron chi connectivity index (χ0n) is 29.1. The highest BCUT2D eigenvalue weighted by molar-refractivity contribution is 6.24. The Balaban J connectivity index is 1.10. The average Bonchev–Trinajstić information content (AvgIpc) is 3.76. The predicted molar refractivity (Wildman–Crippen MR) is 222 cm³/mol. The largest absolute Gasteiger partial charge is 0.309 e. The van der Waals surface area contributed by atoms with Crippen LogP contribution in [0.4, 0.5) is 0 Å². The normalized spacial score (nSPS) is 11.7. The molecule has 252 valence electrons. The lowest BCUT2D eigenvalue weighted by Gasteiger charge is -2.12. The third kappa shape index (κ3) is 4.76. The van der Waals surface area contributed by atoms with Gasteiger partial charge in [0.1, 0.15) is 5.82 Å². The van der Waals surface area contributed by atoms with Crippen LogP contribution in [0.1, 0.15) is 0 Å². The minimum absolute atomic E-state index is 0.870. The average molecular weight is 690 g/mol.